The van der Waals surface area contributed by atoms with Gasteiger partial charge in [-0.05, 0) is 88.2 Å². The molecule has 0 radical (unpaired) electrons. The number of aromatic nitrogens is 3. The van der Waals surface area contributed by atoms with Gasteiger partial charge in [0, 0.05) is 54.8 Å². The highest BCUT2D eigenvalue weighted by atomic mass is 19.1. The molecular weight excluding hydrogens is 549 g/mol. The largest absolute Gasteiger partial charge is 0.494 e. The number of rotatable bonds is 11. The topological polar surface area (TPSA) is 113 Å². The normalized spacial score (nSPS) is 13.7. The molecule has 2 amide bonds. The summed E-state index contributed by atoms with van der Waals surface area (Å²) in [5.41, 5.74) is 4.18. The number of nitrogens with one attached hydrogen (secondary N) is 3. The van der Waals surface area contributed by atoms with Crippen molar-refractivity contribution < 1.29 is 18.7 Å². The average molecular weight is 588 g/mol. The fraction of sp³-hybridized carbons (Fsp3) is 0.375. The van der Waals surface area contributed by atoms with E-state index < -0.39 is 5.82 Å². The van der Waals surface area contributed by atoms with Gasteiger partial charge in [0.15, 0.2) is 23.0 Å². The summed E-state index contributed by atoms with van der Waals surface area (Å²) in [4.78, 5) is 36.7. The van der Waals surface area contributed by atoms with Crippen LogP contribution < -0.4 is 20.7 Å². The van der Waals surface area contributed by atoms with Crippen LogP contribution in [0.15, 0.2) is 55.0 Å². The van der Waals surface area contributed by atoms with Crippen LogP contribution in [-0.4, -0.2) is 71.4 Å². The molecule has 226 valence electrons. The summed E-state index contributed by atoms with van der Waals surface area (Å²) < 4.78 is 21.2. The van der Waals surface area contributed by atoms with E-state index in [1.807, 2.05) is 41.5 Å². The fourth-order valence-electron chi connectivity index (χ4n) is 5.46. The predicted molar refractivity (Wildman–Crippen MR) is 164 cm³/mol. The number of amides is 2. The van der Waals surface area contributed by atoms with Gasteiger partial charge in [-0.3, -0.25) is 14.0 Å². The number of fused-ring (bicyclic) bond motifs is 1. The number of piperidine rings is 1. The second kappa shape index (κ2) is 13.6. The van der Waals surface area contributed by atoms with E-state index in [0.717, 1.165) is 30.6 Å². The third-order valence-corrected chi connectivity index (χ3v) is 7.90. The van der Waals surface area contributed by atoms with E-state index in [4.69, 9.17) is 4.74 Å². The van der Waals surface area contributed by atoms with E-state index >= 15 is 0 Å². The van der Waals surface area contributed by atoms with Gasteiger partial charge in [0.25, 0.3) is 5.91 Å². The minimum atomic E-state index is -0.450. The van der Waals surface area contributed by atoms with Gasteiger partial charge in [-0.1, -0.05) is 0 Å². The lowest BCUT2D eigenvalue weighted by Crippen LogP contribution is -2.43. The molecule has 1 saturated heterocycles. The van der Waals surface area contributed by atoms with Crippen LogP contribution in [0.25, 0.3) is 16.9 Å². The third-order valence-electron chi connectivity index (χ3n) is 7.90. The minimum absolute atomic E-state index is 0.0279. The lowest BCUT2D eigenvalue weighted by atomic mass is 9.95. The molecule has 11 heteroatoms. The molecule has 0 bridgehead atoms. The van der Waals surface area contributed by atoms with Crippen LogP contribution in [0, 0.1) is 18.7 Å². The number of methoxy groups -OCH3 is 1. The molecule has 5 rings (SSSR count). The summed E-state index contributed by atoms with van der Waals surface area (Å²) in [6.45, 7) is 4.66. The molecule has 2 aromatic carbocycles. The first-order valence-corrected chi connectivity index (χ1v) is 14.6. The van der Waals surface area contributed by atoms with E-state index in [9.17, 15) is 14.0 Å². The van der Waals surface area contributed by atoms with Gasteiger partial charge < -0.3 is 25.6 Å². The number of halogens is 1. The summed E-state index contributed by atoms with van der Waals surface area (Å²) in [6.07, 6.45) is 8.41. The molecule has 4 aromatic rings. The second-order valence-electron chi connectivity index (χ2n) is 10.8. The van der Waals surface area contributed by atoms with Crippen molar-refractivity contribution in [2.45, 2.75) is 32.6 Å². The number of anilines is 2. The monoisotopic (exact) mass is 587 g/mol. The van der Waals surface area contributed by atoms with Gasteiger partial charge >= 0.3 is 0 Å². The molecule has 1 aliphatic rings. The molecule has 3 N–H and O–H groups in total. The molecule has 0 atom stereocenters. The number of aryl methyl sites for hydroxylation is 1. The average Bonchev–Trinajstić information content (AvgIpc) is 3.46. The zero-order valence-electron chi connectivity index (χ0n) is 24.8. The lowest BCUT2D eigenvalue weighted by Gasteiger charge is -2.31. The molecular formula is C32H38FN7O3. The summed E-state index contributed by atoms with van der Waals surface area (Å²) in [7, 11) is 3.35. The molecule has 0 spiro atoms. The Morgan fingerprint density at radius 2 is 1.86 bits per heavy atom. The van der Waals surface area contributed by atoms with Crippen molar-refractivity contribution >= 4 is 29.0 Å². The summed E-state index contributed by atoms with van der Waals surface area (Å²) in [5.74, 6) is 0.269. The number of unbranched alkanes of at least 4 members (excludes halogenated alkanes) is 1. The molecule has 0 unspecified atom stereocenters. The van der Waals surface area contributed by atoms with Crippen molar-refractivity contribution in [3.8, 4) is 17.0 Å². The van der Waals surface area contributed by atoms with Crippen LogP contribution in [0.1, 0.15) is 41.6 Å². The molecule has 43 heavy (non-hydrogen) atoms. The second-order valence-corrected chi connectivity index (χ2v) is 10.8. The highest BCUT2D eigenvalue weighted by Crippen LogP contribution is 2.29. The third kappa shape index (κ3) is 6.77. The zero-order valence-corrected chi connectivity index (χ0v) is 24.8. The van der Waals surface area contributed by atoms with Gasteiger partial charge in [-0.2, -0.15) is 0 Å². The van der Waals surface area contributed by atoms with E-state index in [2.05, 4.69) is 25.9 Å². The summed E-state index contributed by atoms with van der Waals surface area (Å²) in [6, 6.07) is 10.4. The molecule has 10 nitrogen and oxygen atoms in total. The van der Waals surface area contributed by atoms with E-state index in [1.165, 1.54) is 13.2 Å². The Morgan fingerprint density at radius 3 is 2.58 bits per heavy atom. The number of ether oxygens (including phenoxy) is 1. The zero-order chi connectivity index (χ0) is 30.3. The van der Waals surface area contributed by atoms with E-state index in [0.29, 0.717) is 60.8 Å². The maximum Gasteiger partial charge on any atom is 0.254 e. The number of hydrogen-bond acceptors (Lipinski definition) is 7. The quantitative estimate of drug-likeness (QED) is 0.221. The van der Waals surface area contributed by atoms with Crippen molar-refractivity contribution in [2.24, 2.45) is 5.92 Å². The van der Waals surface area contributed by atoms with Gasteiger partial charge in [-0.15, -0.1) is 0 Å². The Hall–Kier alpha value is -4.51. The number of carbonyl (C=O) groups is 2. The van der Waals surface area contributed by atoms with Gasteiger partial charge in [0.05, 0.1) is 19.0 Å². The molecule has 0 aliphatic carbocycles. The maximum atomic E-state index is 14.4. The highest BCUT2D eigenvalue weighted by Gasteiger charge is 2.28. The van der Waals surface area contributed by atoms with Crippen LogP contribution in [0.5, 0.6) is 5.75 Å². The number of hydrogen-bond donors (Lipinski definition) is 3. The SMILES string of the molecule is CNCCCCNC(=O)C1CCN(C(=O)c2ccc(Nc3nccn4c(-c5ccc(OC)c(F)c5)cnc34)cc2C)CC1. The van der Waals surface area contributed by atoms with Crippen molar-refractivity contribution in [1.82, 2.24) is 29.9 Å². The fourth-order valence-corrected chi connectivity index (χ4v) is 5.46. The van der Waals surface area contributed by atoms with Crippen molar-refractivity contribution in [3.05, 3.63) is 71.9 Å². The Balaban J connectivity index is 1.22. The van der Waals surface area contributed by atoms with Gasteiger partial charge in [-0.25, -0.2) is 14.4 Å². The lowest BCUT2D eigenvalue weighted by molar-refractivity contribution is -0.126. The first kappa shape index (κ1) is 30.0. The molecule has 1 fully saturated rings. The molecule has 3 heterocycles. The standard InChI is InChI=1S/C32H38FN7O3/c1-21-18-24(7-8-25(21)32(42)39-15-10-22(11-16-39)31(41)36-13-5-4-12-34-2)38-29-30-37-20-27(40(30)17-14-35-29)23-6-9-28(43-3)26(33)19-23/h6-9,14,17-20,22,34H,4-5,10-13,15-16H2,1-3H3,(H,35,38)(H,36,41). The summed E-state index contributed by atoms with van der Waals surface area (Å²) in [5, 5.41) is 9.46. The number of likely N-dealkylation sites (tertiary alicyclic amines) is 1. The molecule has 1 aliphatic heterocycles. The van der Waals surface area contributed by atoms with Gasteiger partial charge in [0.1, 0.15) is 0 Å². The number of nitrogens with zero attached hydrogens (tertiary/aromatic N) is 4. The Labute approximate surface area is 250 Å². The van der Waals surface area contributed by atoms with Crippen molar-refractivity contribution in [1.29, 1.82) is 0 Å². The smallest absolute Gasteiger partial charge is 0.254 e. The van der Waals surface area contributed by atoms with E-state index in [1.54, 1.807) is 30.7 Å². The van der Waals surface area contributed by atoms with Crippen LogP contribution in [-0.2, 0) is 4.79 Å². The predicted octanol–water partition coefficient (Wildman–Crippen LogP) is 4.56. The Bertz CT molecular complexity index is 1600. The Kier molecular flexibility index (Phi) is 9.51. The number of benzene rings is 2. The highest BCUT2D eigenvalue weighted by molar-refractivity contribution is 5.96. The first-order chi connectivity index (χ1) is 20.9. The molecule has 0 saturated carbocycles. The van der Waals surface area contributed by atoms with Crippen LogP contribution in [0.4, 0.5) is 15.9 Å². The number of carbonyl (C=O) groups excluding carboxylic acids is 2. The van der Waals surface area contributed by atoms with Crippen molar-refractivity contribution in [3.63, 3.8) is 0 Å². The van der Waals surface area contributed by atoms with Crippen molar-refractivity contribution in [2.75, 3.05) is 45.7 Å². The summed E-state index contributed by atoms with van der Waals surface area (Å²) >= 11 is 0. The Morgan fingerprint density at radius 1 is 1.07 bits per heavy atom. The van der Waals surface area contributed by atoms with Crippen LogP contribution in [0.3, 0.4) is 0 Å². The maximum absolute atomic E-state index is 14.4. The van der Waals surface area contributed by atoms with Crippen LogP contribution >= 0.6 is 0 Å². The molecule has 2 aromatic heterocycles. The van der Waals surface area contributed by atoms with E-state index in [-0.39, 0.29) is 23.5 Å². The number of imidazole rings is 1. The van der Waals surface area contributed by atoms with Crippen LogP contribution in [0.2, 0.25) is 0 Å². The van der Waals surface area contributed by atoms with Gasteiger partial charge in [0.2, 0.25) is 5.91 Å². The minimum Gasteiger partial charge on any atom is -0.494 e. The first-order valence-electron chi connectivity index (χ1n) is 14.6.